The van der Waals surface area contributed by atoms with Gasteiger partial charge in [0, 0.05) is 18.4 Å². The maximum atomic E-state index is 11.2. The average molecular weight is 242 g/mol. The smallest absolute Gasteiger partial charge is 0.169 e. The van der Waals surface area contributed by atoms with Crippen LogP contribution in [0.5, 0.6) is 0 Å². The number of hydrogen-bond donors (Lipinski definition) is 2. The summed E-state index contributed by atoms with van der Waals surface area (Å²) in [6, 6.07) is 0.113. The molecule has 0 atom stereocenters. The van der Waals surface area contributed by atoms with Crippen LogP contribution >= 0.6 is 0 Å². The van der Waals surface area contributed by atoms with E-state index in [0.29, 0.717) is 24.5 Å². The highest BCUT2D eigenvalue weighted by Gasteiger charge is 2.24. The van der Waals surface area contributed by atoms with Gasteiger partial charge in [-0.05, 0) is 12.8 Å². The third-order valence-electron chi connectivity index (χ3n) is 2.62. The lowest BCUT2D eigenvalue weighted by Crippen LogP contribution is -2.32. The third-order valence-corrected chi connectivity index (χ3v) is 4.34. The standard InChI is InChI=1S/C9H14N4O2S/c10-8-9(12-4-3-11-8)13-7-1-5-16(14,15)6-2-7/h3-4,7H,1-2,5-6H2,(H2,10,11)(H,12,13). The van der Waals surface area contributed by atoms with Gasteiger partial charge in [0.1, 0.15) is 9.84 Å². The number of rotatable bonds is 2. The van der Waals surface area contributed by atoms with Gasteiger partial charge in [0.15, 0.2) is 11.6 Å². The molecular weight excluding hydrogens is 228 g/mol. The minimum Gasteiger partial charge on any atom is -0.381 e. The van der Waals surface area contributed by atoms with E-state index in [1.165, 1.54) is 6.20 Å². The van der Waals surface area contributed by atoms with Crippen LogP contribution in [0.4, 0.5) is 11.6 Å². The zero-order valence-electron chi connectivity index (χ0n) is 8.76. The van der Waals surface area contributed by atoms with E-state index in [4.69, 9.17) is 5.73 Å². The lowest BCUT2D eigenvalue weighted by atomic mass is 10.1. The molecule has 2 heterocycles. The van der Waals surface area contributed by atoms with E-state index in [2.05, 4.69) is 15.3 Å². The SMILES string of the molecule is Nc1nccnc1NC1CCS(=O)(=O)CC1. The van der Waals surface area contributed by atoms with Crippen LogP contribution in [0.3, 0.4) is 0 Å². The van der Waals surface area contributed by atoms with Gasteiger partial charge in [0.05, 0.1) is 11.5 Å². The van der Waals surface area contributed by atoms with Crippen LogP contribution < -0.4 is 11.1 Å². The van der Waals surface area contributed by atoms with Crippen molar-refractivity contribution >= 4 is 21.5 Å². The molecule has 1 aromatic heterocycles. The predicted octanol–water partition coefficient (Wildman–Crippen LogP) is 0.0479. The van der Waals surface area contributed by atoms with E-state index in [-0.39, 0.29) is 17.5 Å². The number of sulfone groups is 1. The molecule has 0 saturated carbocycles. The van der Waals surface area contributed by atoms with Gasteiger partial charge < -0.3 is 11.1 Å². The quantitative estimate of drug-likeness (QED) is 0.760. The molecular formula is C9H14N4O2S. The van der Waals surface area contributed by atoms with E-state index in [1.807, 2.05) is 0 Å². The van der Waals surface area contributed by atoms with Gasteiger partial charge in [-0.25, -0.2) is 18.4 Å². The van der Waals surface area contributed by atoms with Gasteiger partial charge in [0.25, 0.3) is 0 Å². The molecule has 16 heavy (non-hydrogen) atoms. The summed E-state index contributed by atoms with van der Waals surface area (Å²) in [5, 5.41) is 3.12. The van der Waals surface area contributed by atoms with Crippen molar-refractivity contribution in [3.05, 3.63) is 12.4 Å². The first-order valence-electron chi connectivity index (χ1n) is 5.10. The fraction of sp³-hybridized carbons (Fsp3) is 0.556. The van der Waals surface area contributed by atoms with Crippen LogP contribution in [0, 0.1) is 0 Å². The zero-order valence-corrected chi connectivity index (χ0v) is 9.57. The number of nitrogens with zero attached hydrogens (tertiary/aromatic N) is 2. The van der Waals surface area contributed by atoms with Crippen molar-refractivity contribution in [2.75, 3.05) is 22.6 Å². The highest BCUT2D eigenvalue weighted by Crippen LogP contribution is 2.18. The van der Waals surface area contributed by atoms with Crippen LogP contribution in [0.25, 0.3) is 0 Å². The number of nitrogens with two attached hydrogens (primary N) is 1. The lowest BCUT2D eigenvalue weighted by molar-refractivity contribution is 0.559. The Balaban J connectivity index is 2.00. The van der Waals surface area contributed by atoms with Gasteiger partial charge >= 0.3 is 0 Å². The fourth-order valence-corrected chi connectivity index (χ4v) is 3.18. The van der Waals surface area contributed by atoms with Crippen LogP contribution in [0.2, 0.25) is 0 Å². The number of anilines is 2. The number of nitrogen functional groups attached to an aromatic ring is 1. The molecule has 3 N–H and O–H groups in total. The molecule has 0 unspecified atom stereocenters. The van der Waals surface area contributed by atoms with Crippen LogP contribution in [-0.4, -0.2) is 35.9 Å². The Kier molecular flexibility index (Phi) is 2.95. The second kappa shape index (κ2) is 4.25. The van der Waals surface area contributed by atoms with Gasteiger partial charge in [0.2, 0.25) is 0 Å². The summed E-state index contributed by atoms with van der Waals surface area (Å²) in [7, 11) is -2.83. The maximum absolute atomic E-state index is 11.2. The summed E-state index contributed by atoms with van der Waals surface area (Å²) >= 11 is 0. The van der Waals surface area contributed by atoms with E-state index >= 15 is 0 Å². The van der Waals surface area contributed by atoms with Gasteiger partial charge in [-0.2, -0.15) is 0 Å². The minimum atomic E-state index is -2.83. The number of nitrogens with one attached hydrogen (secondary N) is 1. The van der Waals surface area contributed by atoms with Crippen molar-refractivity contribution in [3.63, 3.8) is 0 Å². The molecule has 0 amide bonds. The molecule has 1 aliphatic rings. The van der Waals surface area contributed by atoms with E-state index in [1.54, 1.807) is 6.20 Å². The molecule has 6 nitrogen and oxygen atoms in total. The fourth-order valence-electron chi connectivity index (χ4n) is 1.69. The molecule has 0 radical (unpaired) electrons. The summed E-state index contributed by atoms with van der Waals surface area (Å²) in [5.74, 6) is 1.33. The monoisotopic (exact) mass is 242 g/mol. The highest BCUT2D eigenvalue weighted by atomic mass is 32.2. The summed E-state index contributed by atoms with van der Waals surface area (Å²) in [6.07, 6.45) is 4.26. The predicted molar refractivity (Wildman–Crippen MR) is 61.7 cm³/mol. The average Bonchev–Trinajstić information content (AvgIpc) is 2.24. The Morgan fingerprint density at radius 3 is 2.50 bits per heavy atom. The van der Waals surface area contributed by atoms with E-state index < -0.39 is 9.84 Å². The Morgan fingerprint density at radius 1 is 1.25 bits per heavy atom. The molecule has 2 rings (SSSR count). The minimum absolute atomic E-state index is 0.113. The Labute approximate surface area is 94.2 Å². The topological polar surface area (TPSA) is 98.0 Å². The van der Waals surface area contributed by atoms with Crippen molar-refractivity contribution in [2.45, 2.75) is 18.9 Å². The van der Waals surface area contributed by atoms with Crippen molar-refractivity contribution in [1.82, 2.24) is 9.97 Å². The molecule has 0 aliphatic carbocycles. The molecule has 0 bridgehead atoms. The third kappa shape index (κ3) is 2.60. The van der Waals surface area contributed by atoms with Crippen LogP contribution in [-0.2, 0) is 9.84 Å². The molecule has 88 valence electrons. The van der Waals surface area contributed by atoms with Gasteiger partial charge in [-0.15, -0.1) is 0 Å². The first kappa shape index (κ1) is 11.1. The molecule has 0 aromatic carbocycles. The molecule has 7 heteroatoms. The first-order chi connectivity index (χ1) is 7.57. The molecule has 0 spiro atoms. The van der Waals surface area contributed by atoms with Gasteiger partial charge in [-0.3, -0.25) is 0 Å². The number of aromatic nitrogens is 2. The normalized spacial score (nSPS) is 20.5. The van der Waals surface area contributed by atoms with E-state index in [0.717, 1.165) is 0 Å². The Hall–Kier alpha value is -1.37. The van der Waals surface area contributed by atoms with Crippen molar-refractivity contribution in [2.24, 2.45) is 0 Å². The Morgan fingerprint density at radius 2 is 1.88 bits per heavy atom. The summed E-state index contributed by atoms with van der Waals surface area (Å²) in [6.45, 7) is 0. The second-order valence-electron chi connectivity index (χ2n) is 3.86. The van der Waals surface area contributed by atoms with Crippen LogP contribution in [0.15, 0.2) is 12.4 Å². The number of hydrogen-bond acceptors (Lipinski definition) is 6. The van der Waals surface area contributed by atoms with Crippen molar-refractivity contribution in [3.8, 4) is 0 Å². The first-order valence-corrected chi connectivity index (χ1v) is 6.92. The Bertz CT molecular complexity index is 460. The van der Waals surface area contributed by atoms with Crippen LogP contribution in [0.1, 0.15) is 12.8 Å². The summed E-state index contributed by atoms with van der Waals surface area (Å²) in [4.78, 5) is 7.97. The van der Waals surface area contributed by atoms with Crippen molar-refractivity contribution in [1.29, 1.82) is 0 Å². The highest BCUT2D eigenvalue weighted by molar-refractivity contribution is 7.91. The molecule has 1 aliphatic heterocycles. The largest absolute Gasteiger partial charge is 0.381 e. The van der Waals surface area contributed by atoms with Gasteiger partial charge in [-0.1, -0.05) is 0 Å². The van der Waals surface area contributed by atoms with Crippen molar-refractivity contribution < 1.29 is 8.42 Å². The second-order valence-corrected chi connectivity index (χ2v) is 6.16. The van der Waals surface area contributed by atoms with E-state index in [9.17, 15) is 8.42 Å². The summed E-state index contributed by atoms with van der Waals surface area (Å²) < 4.78 is 22.5. The molecule has 1 saturated heterocycles. The maximum Gasteiger partial charge on any atom is 0.169 e. The zero-order chi connectivity index (χ0) is 11.6. The summed E-state index contributed by atoms with van der Waals surface area (Å²) in [5.41, 5.74) is 5.64. The lowest BCUT2D eigenvalue weighted by Gasteiger charge is -2.23. The molecule has 1 fully saturated rings. The molecule has 1 aromatic rings.